The number of carbonyl (C=O) groups is 1. The summed E-state index contributed by atoms with van der Waals surface area (Å²) >= 11 is 0. The van der Waals surface area contributed by atoms with Crippen LogP contribution in [0.4, 0.5) is 19.3 Å². The molecule has 2 aromatic carbocycles. The van der Waals surface area contributed by atoms with Gasteiger partial charge in [0.25, 0.3) is 0 Å². The number of hydrogen-bond donors (Lipinski definition) is 2. The van der Waals surface area contributed by atoms with Crippen molar-refractivity contribution >= 4 is 11.7 Å². The number of carbonyl (C=O) groups excluding carboxylic acids is 1. The summed E-state index contributed by atoms with van der Waals surface area (Å²) in [5, 5.41) is 4.93. The van der Waals surface area contributed by atoms with Gasteiger partial charge >= 0.3 is 6.03 Å². The fourth-order valence-electron chi connectivity index (χ4n) is 2.22. The van der Waals surface area contributed by atoms with E-state index >= 15 is 0 Å². The standard InChI is InChI=1S/C17H18F2N2O3/c1-23-15-5-3-4-11(16(15)24-2)8-9-20-17(22)21-14-7-6-12(18)10-13(14)19/h3-7,10H,8-9H2,1-2H3,(H2,20,21,22). The molecule has 2 rings (SSSR count). The SMILES string of the molecule is COc1cccc(CCNC(=O)Nc2ccc(F)cc2F)c1OC. The molecule has 0 unspecified atom stereocenters. The van der Waals surface area contributed by atoms with Gasteiger partial charge in [-0.15, -0.1) is 0 Å². The van der Waals surface area contributed by atoms with Crippen molar-refractivity contribution in [3.8, 4) is 11.5 Å². The van der Waals surface area contributed by atoms with Crippen molar-refractivity contribution in [1.29, 1.82) is 0 Å². The van der Waals surface area contributed by atoms with Gasteiger partial charge in [0.15, 0.2) is 11.5 Å². The Morgan fingerprint density at radius 3 is 2.58 bits per heavy atom. The van der Waals surface area contributed by atoms with Crippen molar-refractivity contribution in [3.63, 3.8) is 0 Å². The second-order valence-corrected chi connectivity index (χ2v) is 4.91. The van der Waals surface area contributed by atoms with Crippen LogP contribution in [0.25, 0.3) is 0 Å². The third-order valence-electron chi connectivity index (χ3n) is 3.34. The number of anilines is 1. The minimum atomic E-state index is -0.834. The second kappa shape index (κ2) is 8.14. The Morgan fingerprint density at radius 2 is 1.92 bits per heavy atom. The molecule has 7 heteroatoms. The van der Waals surface area contributed by atoms with Crippen LogP contribution >= 0.6 is 0 Å². The van der Waals surface area contributed by atoms with E-state index in [0.29, 0.717) is 30.5 Å². The molecule has 2 amide bonds. The number of rotatable bonds is 6. The van der Waals surface area contributed by atoms with Gasteiger partial charge in [-0.25, -0.2) is 13.6 Å². The van der Waals surface area contributed by atoms with Gasteiger partial charge in [0.1, 0.15) is 11.6 Å². The topological polar surface area (TPSA) is 59.6 Å². The Morgan fingerprint density at radius 1 is 1.12 bits per heavy atom. The summed E-state index contributed by atoms with van der Waals surface area (Å²) in [6.45, 7) is 0.304. The average molecular weight is 336 g/mol. The molecule has 5 nitrogen and oxygen atoms in total. The van der Waals surface area contributed by atoms with E-state index in [1.165, 1.54) is 0 Å². The van der Waals surface area contributed by atoms with E-state index in [2.05, 4.69) is 10.6 Å². The van der Waals surface area contributed by atoms with E-state index in [1.807, 2.05) is 12.1 Å². The first-order chi connectivity index (χ1) is 11.5. The number of methoxy groups -OCH3 is 2. The molecule has 0 aliphatic rings. The third kappa shape index (κ3) is 4.34. The number of benzene rings is 2. The van der Waals surface area contributed by atoms with E-state index < -0.39 is 17.7 Å². The molecule has 0 aliphatic carbocycles. The first-order valence-corrected chi connectivity index (χ1v) is 7.25. The Bertz CT molecular complexity index is 723. The number of halogens is 2. The highest BCUT2D eigenvalue weighted by molar-refractivity contribution is 5.89. The van der Waals surface area contributed by atoms with E-state index in [-0.39, 0.29) is 5.69 Å². The van der Waals surface area contributed by atoms with Crippen molar-refractivity contribution in [3.05, 3.63) is 53.6 Å². The number of nitrogens with one attached hydrogen (secondary N) is 2. The molecule has 0 fully saturated rings. The molecule has 0 saturated carbocycles. The Hall–Kier alpha value is -2.83. The smallest absolute Gasteiger partial charge is 0.319 e. The lowest BCUT2D eigenvalue weighted by atomic mass is 10.1. The molecule has 0 atom stereocenters. The number of hydrogen-bond acceptors (Lipinski definition) is 3. The van der Waals surface area contributed by atoms with Gasteiger partial charge in [0.2, 0.25) is 0 Å². The summed E-state index contributed by atoms with van der Waals surface area (Å²) in [4.78, 5) is 11.8. The molecule has 2 N–H and O–H groups in total. The molecule has 0 bridgehead atoms. The van der Waals surface area contributed by atoms with Crippen LogP contribution in [0.2, 0.25) is 0 Å². The summed E-state index contributed by atoms with van der Waals surface area (Å²) in [6.07, 6.45) is 0.500. The molecule has 24 heavy (non-hydrogen) atoms. The van der Waals surface area contributed by atoms with E-state index in [1.54, 1.807) is 20.3 Å². The average Bonchev–Trinajstić information content (AvgIpc) is 2.57. The van der Waals surface area contributed by atoms with Crippen LogP contribution in [0.1, 0.15) is 5.56 Å². The zero-order valence-electron chi connectivity index (χ0n) is 13.4. The van der Waals surface area contributed by atoms with Crippen LogP contribution < -0.4 is 20.1 Å². The zero-order valence-corrected chi connectivity index (χ0v) is 13.4. The van der Waals surface area contributed by atoms with Crippen LogP contribution in [0.3, 0.4) is 0 Å². The normalized spacial score (nSPS) is 10.2. The van der Waals surface area contributed by atoms with Gasteiger partial charge in [-0.2, -0.15) is 0 Å². The highest BCUT2D eigenvalue weighted by Gasteiger charge is 2.11. The summed E-state index contributed by atoms with van der Waals surface area (Å²) in [5.74, 6) is -0.331. The second-order valence-electron chi connectivity index (χ2n) is 4.91. The van der Waals surface area contributed by atoms with Gasteiger partial charge in [0.05, 0.1) is 19.9 Å². The van der Waals surface area contributed by atoms with Gasteiger partial charge < -0.3 is 20.1 Å². The molecular weight excluding hydrogens is 318 g/mol. The molecule has 2 aromatic rings. The monoisotopic (exact) mass is 336 g/mol. The third-order valence-corrected chi connectivity index (χ3v) is 3.34. The van der Waals surface area contributed by atoms with Crippen LogP contribution in [0, 0.1) is 11.6 Å². The lowest BCUT2D eigenvalue weighted by Crippen LogP contribution is -2.30. The maximum atomic E-state index is 13.5. The van der Waals surface area contributed by atoms with Crippen LogP contribution in [0.5, 0.6) is 11.5 Å². The van der Waals surface area contributed by atoms with Crippen molar-refractivity contribution in [2.75, 3.05) is 26.1 Å². The van der Waals surface area contributed by atoms with Crippen LogP contribution in [-0.2, 0) is 6.42 Å². The van der Waals surface area contributed by atoms with Gasteiger partial charge in [0, 0.05) is 12.6 Å². The number of urea groups is 1. The fourth-order valence-corrected chi connectivity index (χ4v) is 2.22. The Kier molecular flexibility index (Phi) is 5.95. The van der Waals surface area contributed by atoms with Gasteiger partial charge in [-0.3, -0.25) is 0 Å². The fraction of sp³-hybridized carbons (Fsp3) is 0.235. The predicted octanol–water partition coefficient (Wildman–Crippen LogP) is 3.35. The van der Waals surface area contributed by atoms with Crippen molar-refractivity contribution in [2.45, 2.75) is 6.42 Å². The lowest BCUT2D eigenvalue weighted by molar-refractivity contribution is 0.252. The van der Waals surface area contributed by atoms with Gasteiger partial charge in [-0.1, -0.05) is 12.1 Å². The van der Waals surface area contributed by atoms with Crippen LogP contribution in [-0.4, -0.2) is 26.8 Å². The molecular formula is C17H18F2N2O3. The first-order valence-electron chi connectivity index (χ1n) is 7.25. The summed E-state index contributed by atoms with van der Waals surface area (Å²) < 4.78 is 36.8. The number of para-hydroxylation sites is 1. The maximum Gasteiger partial charge on any atom is 0.319 e. The summed E-state index contributed by atoms with van der Waals surface area (Å²) in [5.41, 5.74) is 0.776. The van der Waals surface area contributed by atoms with Crippen molar-refractivity contribution in [1.82, 2.24) is 5.32 Å². The molecule has 0 radical (unpaired) electrons. The highest BCUT2D eigenvalue weighted by Crippen LogP contribution is 2.30. The van der Waals surface area contributed by atoms with Crippen molar-refractivity contribution in [2.24, 2.45) is 0 Å². The number of amides is 2. The van der Waals surface area contributed by atoms with E-state index in [9.17, 15) is 13.6 Å². The largest absolute Gasteiger partial charge is 0.493 e. The summed E-state index contributed by atoms with van der Waals surface area (Å²) in [7, 11) is 3.09. The molecule has 0 heterocycles. The van der Waals surface area contributed by atoms with Crippen molar-refractivity contribution < 1.29 is 23.0 Å². The quantitative estimate of drug-likeness (QED) is 0.850. The minimum Gasteiger partial charge on any atom is -0.493 e. The van der Waals surface area contributed by atoms with E-state index in [4.69, 9.17) is 9.47 Å². The zero-order chi connectivity index (χ0) is 17.5. The van der Waals surface area contributed by atoms with Gasteiger partial charge in [-0.05, 0) is 30.2 Å². The highest BCUT2D eigenvalue weighted by atomic mass is 19.1. The maximum absolute atomic E-state index is 13.5. The van der Waals surface area contributed by atoms with E-state index in [0.717, 1.165) is 17.7 Å². The molecule has 0 saturated heterocycles. The Labute approximate surface area is 138 Å². The lowest BCUT2D eigenvalue weighted by Gasteiger charge is -2.13. The Balaban J connectivity index is 1.91. The number of ether oxygens (including phenoxy) is 2. The summed E-state index contributed by atoms with van der Waals surface area (Å²) in [6, 6.07) is 7.82. The molecule has 0 spiro atoms. The molecule has 128 valence electrons. The first kappa shape index (κ1) is 17.5. The minimum absolute atomic E-state index is 0.0899. The van der Waals surface area contributed by atoms with Crippen LogP contribution in [0.15, 0.2) is 36.4 Å². The molecule has 0 aromatic heterocycles. The molecule has 0 aliphatic heterocycles. The predicted molar refractivity (Wildman–Crippen MR) is 86.6 cm³/mol.